The summed E-state index contributed by atoms with van der Waals surface area (Å²) in [4.78, 5) is 17.1. The van der Waals surface area contributed by atoms with Crippen molar-refractivity contribution >= 4 is 30.7 Å². The fraction of sp³-hybridized carbons (Fsp3) is 0.933. The van der Waals surface area contributed by atoms with Crippen LogP contribution in [0.5, 0.6) is 0 Å². The third-order valence-corrected chi connectivity index (χ3v) is 4.99. The predicted octanol–water partition coefficient (Wildman–Crippen LogP) is 2.29. The number of hydrogen-bond acceptors (Lipinski definition) is 3. The van der Waals surface area contributed by atoms with Crippen LogP contribution in [0.25, 0.3) is 0 Å². The van der Waals surface area contributed by atoms with Gasteiger partial charge in [0.2, 0.25) is 5.91 Å². The van der Waals surface area contributed by atoms with Crippen LogP contribution in [0.15, 0.2) is 0 Å². The van der Waals surface area contributed by atoms with Gasteiger partial charge in [0.05, 0.1) is 5.92 Å². The van der Waals surface area contributed by atoms with Gasteiger partial charge in [0.15, 0.2) is 0 Å². The summed E-state index contributed by atoms with van der Waals surface area (Å²) in [6, 6.07) is 0.505. The van der Waals surface area contributed by atoms with E-state index in [0.29, 0.717) is 11.9 Å². The fourth-order valence-corrected chi connectivity index (χ4v) is 3.56. The molecule has 6 heteroatoms. The highest BCUT2D eigenvalue weighted by Crippen LogP contribution is 2.33. The second-order valence-electron chi connectivity index (χ2n) is 6.85. The van der Waals surface area contributed by atoms with Crippen molar-refractivity contribution in [2.75, 3.05) is 27.2 Å². The third kappa shape index (κ3) is 4.98. The molecule has 1 saturated heterocycles. The molecule has 1 aliphatic carbocycles. The van der Waals surface area contributed by atoms with Crippen molar-refractivity contribution in [1.29, 1.82) is 0 Å². The minimum Gasteiger partial charge on any atom is -0.341 e. The Bertz CT molecular complexity index is 337. The molecular weight excluding hydrogens is 309 g/mol. The number of nitrogens with two attached hydrogens (primary N) is 1. The van der Waals surface area contributed by atoms with Gasteiger partial charge in [-0.05, 0) is 46.7 Å². The van der Waals surface area contributed by atoms with Crippen LogP contribution >= 0.6 is 24.8 Å². The van der Waals surface area contributed by atoms with Crippen LogP contribution in [-0.4, -0.2) is 54.5 Å². The summed E-state index contributed by atoms with van der Waals surface area (Å²) in [6.07, 6.45) is 6.57. The Morgan fingerprint density at radius 3 is 2.43 bits per heavy atom. The third-order valence-electron chi connectivity index (χ3n) is 4.99. The Hall–Kier alpha value is -0.0300. The van der Waals surface area contributed by atoms with Crippen molar-refractivity contribution < 1.29 is 4.79 Å². The molecule has 2 fully saturated rings. The van der Waals surface area contributed by atoms with Crippen molar-refractivity contribution in [2.45, 2.75) is 57.0 Å². The minimum absolute atomic E-state index is 0. The number of amides is 1. The van der Waals surface area contributed by atoms with E-state index in [9.17, 15) is 4.79 Å². The van der Waals surface area contributed by atoms with Gasteiger partial charge in [0, 0.05) is 24.7 Å². The number of nitrogens with zero attached hydrogens (tertiary/aromatic N) is 2. The molecule has 2 N–H and O–H groups in total. The van der Waals surface area contributed by atoms with Crippen molar-refractivity contribution in [1.82, 2.24) is 9.80 Å². The molecule has 0 aromatic carbocycles. The second-order valence-corrected chi connectivity index (χ2v) is 6.85. The summed E-state index contributed by atoms with van der Waals surface area (Å²) >= 11 is 0. The van der Waals surface area contributed by atoms with Gasteiger partial charge in [-0.1, -0.05) is 12.8 Å². The lowest BCUT2D eigenvalue weighted by Gasteiger charge is -2.43. The minimum atomic E-state index is -0.305. The summed E-state index contributed by atoms with van der Waals surface area (Å²) in [5.41, 5.74) is 6.06. The zero-order chi connectivity index (χ0) is 14.0. The molecule has 0 radical (unpaired) electrons. The lowest BCUT2D eigenvalue weighted by atomic mass is 9.73. The van der Waals surface area contributed by atoms with Crippen molar-refractivity contribution in [3.8, 4) is 0 Å². The van der Waals surface area contributed by atoms with Crippen LogP contribution in [0, 0.1) is 5.92 Å². The monoisotopic (exact) mass is 339 g/mol. The highest BCUT2D eigenvalue weighted by Gasteiger charge is 2.40. The summed E-state index contributed by atoms with van der Waals surface area (Å²) < 4.78 is 0. The number of hydrogen-bond donors (Lipinski definition) is 1. The van der Waals surface area contributed by atoms with E-state index in [1.165, 1.54) is 6.42 Å². The molecule has 1 saturated carbocycles. The first-order valence-electron chi connectivity index (χ1n) is 7.66. The summed E-state index contributed by atoms with van der Waals surface area (Å²) in [5, 5.41) is 0. The first-order chi connectivity index (χ1) is 8.92. The topological polar surface area (TPSA) is 49.6 Å². The molecule has 3 atom stereocenters. The van der Waals surface area contributed by atoms with E-state index in [-0.39, 0.29) is 36.3 Å². The van der Waals surface area contributed by atoms with Gasteiger partial charge >= 0.3 is 0 Å². The number of halogens is 2. The molecule has 4 nitrogen and oxygen atoms in total. The summed E-state index contributed by atoms with van der Waals surface area (Å²) in [7, 11) is 4.21. The Labute approximate surface area is 141 Å². The SMILES string of the molecule is CN(C)C1CCCN(C(=O)C2CCCCC2(C)N)C1.Cl.Cl. The Balaban J connectivity index is 0.00000200. The maximum Gasteiger partial charge on any atom is 0.227 e. The molecule has 0 bridgehead atoms. The average Bonchev–Trinajstić information content (AvgIpc) is 2.37. The number of likely N-dealkylation sites (N-methyl/N-ethyl adjacent to an activating group) is 1. The first-order valence-corrected chi connectivity index (χ1v) is 7.66. The van der Waals surface area contributed by atoms with E-state index in [1.54, 1.807) is 0 Å². The molecule has 0 spiro atoms. The van der Waals surface area contributed by atoms with Crippen LogP contribution in [-0.2, 0) is 4.79 Å². The van der Waals surface area contributed by atoms with Crippen molar-refractivity contribution in [2.24, 2.45) is 11.7 Å². The normalized spacial score (nSPS) is 33.1. The molecule has 0 aromatic rings. The van der Waals surface area contributed by atoms with Crippen LogP contribution in [0.4, 0.5) is 0 Å². The summed E-state index contributed by atoms with van der Waals surface area (Å²) in [6.45, 7) is 3.84. The standard InChI is InChI=1S/C15H29N3O.2ClH/c1-15(16)9-5-4-8-13(15)14(19)18-10-6-7-12(11-18)17(2)3;;/h12-13H,4-11,16H2,1-3H3;2*1H. The fourth-order valence-electron chi connectivity index (χ4n) is 3.56. The molecule has 0 aromatic heterocycles. The molecule has 2 aliphatic rings. The molecule has 1 aliphatic heterocycles. The van der Waals surface area contributed by atoms with Crippen molar-refractivity contribution in [3.63, 3.8) is 0 Å². The quantitative estimate of drug-likeness (QED) is 0.839. The molecule has 126 valence electrons. The van der Waals surface area contributed by atoms with Gasteiger partial charge < -0.3 is 15.5 Å². The zero-order valence-corrected chi connectivity index (χ0v) is 15.1. The lowest BCUT2D eigenvalue weighted by molar-refractivity contribution is -0.140. The molecule has 1 amide bonds. The average molecular weight is 340 g/mol. The van der Waals surface area contributed by atoms with Gasteiger partial charge in [-0.25, -0.2) is 0 Å². The van der Waals surface area contributed by atoms with Gasteiger partial charge in [-0.15, -0.1) is 24.8 Å². The Morgan fingerprint density at radius 1 is 1.19 bits per heavy atom. The summed E-state index contributed by atoms with van der Waals surface area (Å²) in [5.74, 6) is 0.332. The molecular formula is C15H31Cl2N3O. The smallest absolute Gasteiger partial charge is 0.227 e. The number of carbonyl (C=O) groups is 1. The van der Waals surface area contributed by atoms with Crippen molar-refractivity contribution in [3.05, 3.63) is 0 Å². The van der Waals surface area contributed by atoms with Gasteiger partial charge in [-0.2, -0.15) is 0 Å². The number of piperidine rings is 1. The Kier molecular flexibility index (Phi) is 8.55. The maximum atomic E-state index is 12.8. The largest absolute Gasteiger partial charge is 0.341 e. The number of carbonyl (C=O) groups excluding carboxylic acids is 1. The van der Waals surface area contributed by atoms with E-state index in [0.717, 1.165) is 45.2 Å². The highest BCUT2D eigenvalue weighted by atomic mass is 35.5. The van der Waals surface area contributed by atoms with E-state index < -0.39 is 0 Å². The van der Waals surface area contributed by atoms with Gasteiger partial charge in [-0.3, -0.25) is 4.79 Å². The number of likely N-dealkylation sites (tertiary alicyclic amines) is 1. The first kappa shape index (κ1) is 21.0. The number of rotatable bonds is 2. The predicted molar refractivity (Wildman–Crippen MR) is 92.3 cm³/mol. The molecule has 2 rings (SSSR count). The van der Waals surface area contributed by atoms with E-state index in [1.807, 2.05) is 0 Å². The lowest BCUT2D eigenvalue weighted by Crippen LogP contribution is -2.56. The Morgan fingerprint density at radius 2 is 1.86 bits per heavy atom. The van der Waals surface area contributed by atoms with Gasteiger partial charge in [0.1, 0.15) is 0 Å². The van der Waals surface area contributed by atoms with E-state index >= 15 is 0 Å². The molecule has 1 heterocycles. The zero-order valence-electron chi connectivity index (χ0n) is 13.5. The maximum absolute atomic E-state index is 12.8. The van der Waals surface area contributed by atoms with Gasteiger partial charge in [0.25, 0.3) is 0 Å². The second kappa shape index (κ2) is 8.56. The van der Waals surface area contributed by atoms with Crippen LogP contribution in [0.2, 0.25) is 0 Å². The molecule has 21 heavy (non-hydrogen) atoms. The van der Waals surface area contributed by atoms with Crippen LogP contribution in [0.1, 0.15) is 45.4 Å². The highest BCUT2D eigenvalue weighted by molar-refractivity contribution is 5.85. The van der Waals surface area contributed by atoms with Crippen LogP contribution in [0.3, 0.4) is 0 Å². The van der Waals surface area contributed by atoms with E-state index in [4.69, 9.17) is 5.73 Å². The van der Waals surface area contributed by atoms with E-state index in [2.05, 4.69) is 30.8 Å². The van der Waals surface area contributed by atoms with Crippen LogP contribution < -0.4 is 5.73 Å². The molecule has 3 unspecified atom stereocenters.